The lowest BCUT2D eigenvalue weighted by atomic mass is 10.0. The van der Waals surface area contributed by atoms with Crippen LogP contribution in [0.15, 0.2) is 48.5 Å². The summed E-state index contributed by atoms with van der Waals surface area (Å²) in [6.45, 7) is 2.64. The van der Waals surface area contributed by atoms with Crippen LogP contribution in [0.5, 0.6) is 0 Å². The van der Waals surface area contributed by atoms with Crippen molar-refractivity contribution in [3.8, 4) is 0 Å². The summed E-state index contributed by atoms with van der Waals surface area (Å²) in [4.78, 5) is 0. The highest BCUT2D eigenvalue weighted by molar-refractivity contribution is 6.30. The normalized spacial score (nSPS) is 18.9. The Morgan fingerprint density at radius 1 is 1.00 bits per heavy atom. The molecule has 1 aliphatic rings. The van der Waals surface area contributed by atoms with Crippen molar-refractivity contribution in [2.45, 2.75) is 12.5 Å². The van der Waals surface area contributed by atoms with E-state index >= 15 is 0 Å². The standard InChI is InChI=1S/C17H18ClNO/c18-16-7-3-14(4-8-16)11-13-1-5-15(6-2-13)17-12-19-9-10-20-17/h1-8,17,19H,9-12H2. The number of hydrogen-bond donors (Lipinski definition) is 1. The predicted molar refractivity (Wildman–Crippen MR) is 82.3 cm³/mol. The molecule has 1 unspecified atom stereocenters. The van der Waals surface area contributed by atoms with Crippen LogP contribution >= 0.6 is 11.6 Å². The average molecular weight is 288 g/mol. The van der Waals surface area contributed by atoms with E-state index in [0.29, 0.717) is 0 Å². The number of rotatable bonds is 3. The number of nitrogens with one attached hydrogen (secondary N) is 1. The van der Waals surface area contributed by atoms with E-state index in [2.05, 4.69) is 41.7 Å². The molecule has 2 aromatic rings. The number of morpholine rings is 1. The molecule has 1 heterocycles. The van der Waals surface area contributed by atoms with E-state index in [1.54, 1.807) is 0 Å². The molecule has 104 valence electrons. The molecule has 0 aliphatic carbocycles. The zero-order chi connectivity index (χ0) is 13.8. The zero-order valence-electron chi connectivity index (χ0n) is 11.3. The van der Waals surface area contributed by atoms with Gasteiger partial charge in [-0.3, -0.25) is 0 Å². The van der Waals surface area contributed by atoms with E-state index in [4.69, 9.17) is 16.3 Å². The van der Waals surface area contributed by atoms with Crippen LogP contribution in [0.2, 0.25) is 5.02 Å². The number of hydrogen-bond acceptors (Lipinski definition) is 2. The van der Waals surface area contributed by atoms with Gasteiger partial charge in [0.25, 0.3) is 0 Å². The van der Waals surface area contributed by atoms with Crippen LogP contribution in [-0.4, -0.2) is 19.7 Å². The van der Waals surface area contributed by atoms with Crippen molar-refractivity contribution in [1.29, 1.82) is 0 Å². The Kier molecular flexibility index (Phi) is 4.36. The van der Waals surface area contributed by atoms with Gasteiger partial charge in [-0.2, -0.15) is 0 Å². The fourth-order valence-corrected chi connectivity index (χ4v) is 2.59. The molecule has 2 nitrogen and oxygen atoms in total. The monoisotopic (exact) mass is 287 g/mol. The van der Waals surface area contributed by atoms with Crippen LogP contribution in [-0.2, 0) is 11.2 Å². The van der Waals surface area contributed by atoms with Crippen molar-refractivity contribution in [2.24, 2.45) is 0 Å². The smallest absolute Gasteiger partial charge is 0.0949 e. The number of ether oxygens (including phenoxy) is 1. The lowest BCUT2D eigenvalue weighted by Gasteiger charge is -2.24. The zero-order valence-corrected chi connectivity index (χ0v) is 12.1. The van der Waals surface area contributed by atoms with Crippen LogP contribution in [0.4, 0.5) is 0 Å². The average Bonchev–Trinajstić information content (AvgIpc) is 2.51. The van der Waals surface area contributed by atoms with E-state index in [1.807, 2.05) is 12.1 Å². The molecule has 1 aliphatic heterocycles. The van der Waals surface area contributed by atoms with Gasteiger partial charge in [0.2, 0.25) is 0 Å². The molecule has 0 saturated carbocycles. The number of benzene rings is 2. The molecular formula is C17H18ClNO. The third-order valence-corrected chi connectivity index (χ3v) is 3.85. The summed E-state index contributed by atoms with van der Waals surface area (Å²) in [5.74, 6) is 0. The molecule has 0 aromatic heterocycles. The number of halogens is 1. The quantitative estimate of drug-likeness (QED) is 0.931. The van der Waals surface area contributed by atoms with Crippen LogP contribution in [0.1, 0.15) is 22.8 Å². The van der Waals surface area contributed by atoms with Gasteiger partial charge in [0.1, 0.15) is 0 Å². The Bertz CT molecular complexity index is 544. The molecule has 20 heavy (non-hydrogen) atoms. The SMILES string of the molecule is Clc1ccc(Cc2ccc(C3CNCCO3)cc2)cc1. The predicted octanol–water partition coefficient (Wildman–Crippen LogP) is 3.59. The van der Waals surface area contributed by atoms with Crippen molar-refractivity contribution < 1.29 is 4.74 Å². The highest BCUT2D eigenvalue weighted by Gasteiger charge is 2.15. The summed E-state index contributed by atoms with van der Waals surface area (Å²) in [5.41, 5.74) is 3.83. The van der Waals surface area contributed by atoms with E-state index in [1.165, 1.54) is 16.7 Å². The maximum absolute atomic E-state index is 5.90. The van der Waals surface area contributed by atoms with Crippen molar-refractivity contribution >= 4 is 11.6 Å². The van der Waals surface area contributed by atoms with Gasteiger partial charge in [-0.25, -0.2) is 0 Å². The highest BCUT2D eigenvalue weighted by Crippen LogP contribution is 2.20. The minimum atomic E-state index is 0.188. The fourth-order valence-electron chi connectivity index (χ4n) is 2.47. The first-order valence-corrected chi connectivity index (χ1v) is 7.35. The largest absolute Gasteiger partial charge is 0.371 e. The first-order valence-electron chi connectivity index (χ1n) is 6.97. The van der Waals surface area contributed by atoms with Crippen molar-refractivity contribution in [3.05, 3.63) is 70.2 Å². The van der Waals surface area contributed by atoms with Crippen LogP contribution in [0, 0.1) is 0 Å². The van der Waals surface area contributed by atoms with Gasteiger partial charge in [0.15, 0.2) is 0 Å². The molecule has 1 saturated heterocycles. The van der Waals surface area contributed by atoms with Crippen molar-refractivity contribution in [2.75, 3.05) is 19.7 Å². The van der Waals surface area contributed by atoms with E-state index in [0.717, 1.165) is 31.1 Å². The highest BCUT2D eigenvalue weighted by atomic mass is 35.5. The second-order valence-corrected chi connectivity index (χ2v) is 5.54. The van der Waals surface area contributed by atoms with E-state index < -0.39 is 0 Å². The summed E-state index contributed by atoms with van der Waals surface area (Å²) < 4.78 is 5.76. The molecule has 2 aromatic carbocycles. The van der Waals surface area contributed by atoms with Crippen LogP contribution in [0.25, 0.3) is 0 Å². The second-order valence-electron chi connectivity index (χ2n) is 5.11. The first-order chi connectivity index (χ1) is 9.81. The van der Waals surface area contributed by atoms with Gasteiger partial charge < -0.3 is 10.1 Å². The van der Waals surface area contributed by atoms with Gasteiger partial charge in [-0.05, 0) is 35.2 Å². The minimum absolute atomic E-state index is 0.188. The Hall–Kier alpha value is -1.35. The maximum Gasteiger partial charge on any atom is 0.0949 e. The Morgan fingerprint density at radius 3 is 2.25 bits per heavy atom. The summed E-state index contributed by atoms with van der Waals surface area (Å²) >= 11 is 5.90. The minimum Gasteiger partial charge on any atom is -0.371 e. The summed E-state index contributed by atoms with van der Waals surface area (Å²) in [6, 6.07) is 16.7. The molecule has 1 N–H and O–H groups in total. The van der Waals surface area contributed by atoms with E-state index in [9.17, 15) is 0 Å². The Morgan fingerprint density at radius 2 is 1.65 bits per heavy atom. The van der Waals surface area contributed by atoms with Gasteiger partial charge >= 0.3 is 0 Å². The Balaban J connectivity index is 1.67. The molecule has 1 fully saturated rings. The fraction of sp³-hybridized carbons (Fsp3) is 0.294. The summed E-state index contributed by atoms with van der Waals surface area (Å²) in [7, 11) is 0. The molecule has 0 spiro atoms. The lowest BCUT2D eigenvalue weighted by Crippen LogP contribution is -2.33. The molecular weight excluding hydrogens is 270 g/mol. The van der Waals surface area contributed by atoms with Gasteiger partial charge in [-0.1, -0.05) is 48.0 Å². The second kappa shape index (κ2) is 6.40. The molecule has 3 rings (SSSR count). The topological polar surface area (TPSA) is 21.3 Å². The van der Waals surface area contributed by atoms with Crippen LogP contribution in [0.3, 0.4) is 0 Å². The molecule has 0 bridgehead atoms. The molecule has 0 amide bonds. The molecule has 1 atom stereocenters. The molecule has 3 heteroatoms. The summed E-state index contributed by atoms with van der Waals surface area (Å²) in [6.07, 6.45) is 1.12. The first kappa shape index (κ1) is 13.6. The van der Waals surface area contributed by atoms with Crippen molar-refractivity contribution in [3.63, 3.8) is 0 Å². The third kappa shape index (κ3) is 3.40. The van der Waals surface area contributed by atoms with Gasteiger partial charge in [-0.15, -0.1) is 0 Å². The Labute approximate surface area is 124 Å². The van der Waals surface area contributed by atoms with Crippen LogP contribution < -0.4 is 5.32 Å². The third-order valence-electron chi connectivity index (χ3n) is 3.60. The maximum atomic E-state index is 5.90. The van der Waals surface area contributed by atoms with E-state index in [-0.39, 0.29) is 6.10 Å². The van der Waals surface area contributed by atoms with Gasteiger partial charge in [0.05, 0.1) is 12.7 Å². The lowest BCUT2D eigenvalue weighted by molar-refractivity contribution is 0.0277. The molecule has 0 radical (unpaired) electrons. The van der Waals surface area contributed by atoms with Crippen molar-refractivity contribution in [1.82, 2.24) is 5.32 Å². The summed E-state index contributed by atoms with van der Waals surface area (Å²) in [5, 5.41) is 4.14. The van der Waals surface area contributed by atoms with Gasteiger partial charge in [0, 0.05) is 18.1 Å².